The first-order valence-electron chi connectivity index (χ1n) is 13.8. The van der Waals surface area contributed by atoms with Gasteiger partial charge in [-0.3, -0.25) is 0 Å². The average Bonchev–Trinajstić information content (AvgIpc) is 3.77. The molecule has 8 N–H and O–H groups in total. The van der Waals surface area contributed by atoms with E-state index in [0.29, 0.717) is 13.1 Å². The molecule has 0 aliphatic carbocycles. The van der Waals surface area contributed by atoms with Gasteiger partial charge in [-0.15, -0.1) is 45.3 Å². The van der Waals surface area contributed by atoms with Gasteiger partial charge in [0.2, 0.25) is 0 Å². The second kappa shape index (κ2) is 18.0. The van der Waals surface area contributed by atoms with Crippen molar-refractivity contribution in [3.05, 3.63) is 41.6 Å². The zero-order chi connectivity index (χ0) is 27.8. The van der Waals surface area contributed by atoms with Crippen LogP contribution in [-0.2, 0) is 25.7 Å². The third kappa shape index (κ3) is 10.6. The Labute approximate surface area is 252 Å². The Morgan fingerprint density at radius 3 is 0.975 bits per heavy atom. The fourth-order valence-corrected chi connectivity index (χ4v) is 7.00. The summed E-state index contributed by atoms with van der Waals surface area (Å²) < 4.78 is 0. The van der Waals surface area contributed by atoms with Gasteiger partial charge < -0.3 is 32.7 Å². The first-order chi connectivity index (χ1) is 19.7. The third-order valence-electron chi connectivity index (χ3n) is 5.92. The second-order valence-electron chi connectivity index (χ2n) is 9.08. The largest absolute Gasteiger partial charge is 0.329 e. The van der Waals surface area contributed by atoms with E-state index >= 15 is 0 Å². The summed E-state index contributed by atoms with van der Waals surface area (Å²) in [6.45, 7) is 8.51. The van der Waals surface area contributed by atoms with Crippen LogP contribution < -0.4 is 32.7 Å². The van der Waals surface area contributed by atoms with E-state index in [4.69, 9.17) is 31.4 Å². The molecule has 0 saturated carbocycles. The molecule has 0 amide bonds. The Hall–Kier alpha value is -1.72. The van der Waals surface area contributed by atoms with Crippen LogP contribution in [0.15, 0.2) is 21.5 Å². The van der Waals surface area contributed by atoms with E-state index in [9.17, 15) is 0 Å². The van der Waals surface area contributed by atoms with Gasteiger partial charge in [-0.05, 0) is 0 Å². The lowest BCUT2D eigenvalue weighted by molar-refractivity contribution is 0.610. The molecule has 0 aliphatic heterocycles. The SMILES string of the molecule is NCCNCCc1nc(-c2csc(CCNCCNCCc3nc(-c4csc(CCNCCN)n4)cs3)n2)cs1. The maximum atomic E-state index is 5.52. The molecule has 0 aliphatic rings. The van der Waals surface area contributed by atoms with Crippen LogP contribution in [0.3, 0.4) is 0 Å². The Kier molecular flexibility index (Phi) is 14.0. The van der Waals surface area contributed by atoms with Gasteiger partial charge in [0.1, 0.15) is 22.8 Å². The summed E-state index contributed by atoms with van der Waals surface area (Å²) in [6.07, 6.45) is 3.70. The normalized spacial score (nSPS) is 11.6. The third-order valence-corrected chi connectivity index (χ3v) is 9.55. The van der Waals surface area contributed by atoms with Crippen molar-refractivity contribution in [2.45, 2.75) is 25.7 Å². The van der Waals surface area contributed by atoms with Crippen molar-refractivity contribution in [1.82, 2.24) is 41.2 Å². The molecule has 14 heteroatoms. The van der Waals surface area contributed by atoms with Crippen LogP contribution >= 0.6 is 45.3 Å². The minimum absolute atomic E-state index is 0.662. The summed E-state index contributed by atoms with van der Waals surface area (Å²) in [6, 6.07) is 0. The Morgan fingerprint density at radius 2 is 0.700 bits per heavy atom. The lowest BCUT2D eigenvalue weighted by Gasteiger charge is -2.05. The molecule has 0 atom stereocenters. The van der Waals surface area contributed by atoms with Crippen LogP contribution in [0.2, 0.25) is 0 Å². The molecule has 0 spiro atoms. The molecule has 40 heavy (non-hydrogen) atoms. The number of aromatic nitrogens is 4. The standard InChI is InChI=1S/C26H40N10S4/c27-5-11-29-7-1-23-33-19(15-37-23)21-17-39-25(35-21)3-9-31-13-14-32-10-4-26-36-22(18-40-26)20-16-38-24(34-20)2-8-30-12-6-28/h15-18,29-32H,1-14,27-28H2. The highest BCUT2D eigenvalue weighted by atomic mass is 32.1. The number of nitrogens with one attached hydrogen (secondary N) is 4. The molecule has 4 aromatic rings. The van der Waals surface area contributed by atoms with E-state index in [0.717, 1.165) is 121 Å². The van der Waals surface area contributed by atoms with Crippen molar-refractivity contribution in [3.8, 4) is 22.8 Å². The van der Waals surface area contributed by atoms with Gasteiger partial charge in [0.05, 0.1) is 20.0 Å². The predicted octanol–water partition coefficient (Wildman–Crippen LogP) is 1.99. The van der Waals surface area contributed by atoms with Crippen LogP contribution in [0.5, 0.6) is 0 Å². The summed E-state index contributed by atoms with van der Waals surface area (Å²) in [5.74, 6) is 0. The lowest BCUT2D eigenvalue weighted by Crippen LogP contribution is -2.29. The van der Waals surface area contributed by atoms with Crippen LogP contribution in [0.1, 0.15) is 20.0 Å². The molecular formula is C26H40N10S4. The zero-order valence-electron chi connectivity index (χ0n) is 22.8. The molecule has 4 aromatic heterocycles. The fraction of sp³-hybridized carbons (Fsp3) is 0.538. The number of hydrogen-bond acceptors (Lipinski definition) is 14. The first kappa shape index (κ1) is 31.2. The van der Waals surface area contributed by atoms with E-state index in [1.54, 1.807) is 45.3 Å². The molecule has 4 rings (SSSR count). The van der Waals surface area contributed by atoms with Crippen molar-refractivity contribution < 1.29 is 0 Å². The smallest absolute Gasteiger partial charge is 0.101 e. The number of thiazole rings is 4. The molecule has 0 radical (unpaired) electrons. The highest BCUT2D eigenvalue weighted by Crippen LogP contribution is 2.25. The molecular weight excluding hydrogens is 581 g/mol. The Morgan fingerprint density at radius 1 is 0.425 bits per heavy atom. The van der Waals surface area contributed by atoms with E-state index in [2.05, 4.69) is 42.8 Å². The summed E-state index contributed by atoms with van der Waals surface area (Å²) >= 11 is 6.81. The van der Waals surface area contributed by atoms with Crippen molar-refractivity contribution in [1.29, 1.82) is 0 Å². The highest BCUT2D eigenvalue weighted by Gasteiger charge is 2.10. The summed E-state index contributed by atoms with van der Waals surface area (Å²) in [5.41, 5.74) is 15.0. The van der Waals surface area contributed by atoms with Gasteiger partial charge in [-0.2, -0.15) is 0 Å². The van der Waals surface area contributed by atoms with Crippen LogP contribution in [-0.4, -0.2) is 85.4 Å². The van der Waals surface area contributed by atoms with Crippen molar-refractivity contribution >= 4 is 45.3 Å². The number of nitrogens with zero attached hydrogens (tertiary/aromatic N) is 4. The summed E-state index contributed by atoms with van der Waals surface area (Å²) in [4.78, 5) is 19.1. The van der Waals surface area contributed by atoms with E-state index in [1.807, 2.05) is 0 Å². The van der Waals surface area contributed by atoms with Crippen LogP contribution in [0.25, 0.3) is 22.8 Å². The quantitative estimate of drug-likeness (QED) is 0.0763. The molecule has 0 unspecified atom stereocenters. The Balaban J connectivity index is 1.05. The molecule has 4 heterocycles. The maximum absolute atomic E-state index is 5.52. The average molecular weight is 621 g/mol. The molecule has 0 fully saturated rings. The van der Waals surface area contributed by atoms with Gasteiger partial charge in [0.15, 0.2) is 0 Å². The topological polar surface area (TPSA) is 152 Å². The highest BCUT2D eigenvalue weighted by molar-refractivity contribution is 7.11. The first-order valence-corrected chi connectivity index (χ1v) is 17.3. The van der Waals surface area contributed by atoms with Gasteiger partial charge in [-0.25, -0.2) is 19.9 Å². The molecule has 218 valence electrons. The maximum Gasteiger partial charge on any atom is 0.101 e. The van der Waals surface area contributed by atoms with E-state index in [-0.39, 0.29) is 0 Å². The van der Waals surface area contributed by atoms with Crippen molar-refractivity contribution in [3.63, 3.8) is 0 Å². The second-order valence-corrected chi connectivity index (χ2v) is 12.9. The molecule has 10 nitrogen and oxygen atoms in total. The van der Waals surface area contributed by atoms with Gasteiger partial charge >= 0.3 is 0 Å². The zero-order valence-corrected chi connectivity index (χ0v) is 26.1. The van der Waals surface area contributed by atoms with Crippen molar-refractivity contribution in [2.24, 2.45) is 11.5 Å². The van der Waals surface area contributed by atoms with Gasteiger partial charge in [-0.1, -0.05) is 0 Å². The number of nitrogens with two attached hydrogens (primary N) is 2. The lowest BCUT2D eigenvalue weighted by atomic mass is 10.3. The number of hydrogen-bond donors (Lipinski definition) is 6. The van der Waals surface area contributed by atoms with E-state index < -0.39 is 0 Å². The minimum Gasteiger partial charge on any atom is -0.329 e. The molecule has 0 bridgehead atoms. The fourth-order valence-electron chi connectivity index (χ4n) is 3.84. The van der Waals surface area contributed by atoms with Gasteiger partial charge in [0.25, 0.3) is 0 Å². The summed E-state index contributed by atoms with van der Waals surface area (Å²) in [5, 5.41) is 26.6. The molecule has 0 aromatic carbocycles. The Bertz CT molecular complexity index is 1140. The van der Waals surface area contributed by atoms with Crippen LogP contribution in [0.4, 0.5) is 0 Å². The monoisotopic (exact) mass is 620 g/mol. The van der Waals surface area contributed by atoms with Crippen LogP contribution in [0, 0.1) is 0 Å². The van der Waals surface area contributed by atoms with Gasteiger partial charge in [0, 0.05) is 113 Å². The summed E-state index contributed by atoms with van der Waals surface area (Å²) in [7, 11) is 0. The van der Waals surface area contributed by atoms with Crippen molar-refractivity contribution in [2.75, 3.05) is 65.4 Å². The van der Waals surface area contributed by atoms with E-state index in [1.165, 1.54) is 0 Å². The number of rotatable bonds is 21. The minimum atomic E-state index is 0.662. The molecule has 0 saturated heterocycles. The predicted molar refractivity (Wildman–Crippen MR) is 171 cm³/mol.